The third kappa shape index (κ3) is 1.96. The highest BCUT2D eigenvalue weighted by atomic mass is 19.1. The molecule has 0 radical (unpaired) electrons. The van der Waals surface area contributed by atoms with E-state index in [1.54, 1.807) is 26.0 Å². The molecule has 1 aliphatic heterocycles. The van der Waals surface area contributed by atoms with Crippen molar-refractivity contribution in [3.8, 4) is 0 Å². The van der Waals surface area contributed by atoms with E-state index >= 15 is 0 Å². The van der Waals surface area contributed by atoms with Crippen LogP contribution in [0.1, 0.15) is 19.4 Å². The number of rotatable bonds is 2. The lowest BCUT2D eigenvalue weighted by Gasteiger charge is -2.27. The fourth-order valence-corrected chi connectivity index (χ4v) is 1.88. The predicted molar refractivity (Wildman–Crippen MR) is 56.3 cm³/mol. The van der Waals surface area contributed by atoms with Gasteiger partial charge in [-0.15, -0.1) is 0 Å². The molecule has 0 aliphatic carbocycles. The first-order valence-corrected chi connectivity index (χ1v) is 5.18. The lowest BCUT2D eigenvalue weighted by Crippen LogP contribution is -2.35. The Balaban J connectivity index is 2.33. The van der Waals surface area contributed by atoms with E-state index in [9.17, 15) is 9.50 Å². The number of halogens is 1. The smallest absolute Gasteiger partial charge is 0.164 e. The third-order valence-corrected chi connectivity index (χ3v) is 2.72. The normalized spacial score (nSPS) is 28.2. The highest BCUT2D eigenvalue weighted by Crippen LogP contribution is 2.38. The van der Waals surface area contributed by atoms with Gasteiger partial charge in [0.2, 0.25) is 0 Å². The second-order valence-corrected chi connectivity index (χ2v) is 4.45. The van der Waals surface area contributed by atoms with Gasteiger partial charge in [-0.25, -0.2) is 4.39 Å². The van der Waals surface area contributed by atoms with Crippen LogP contribution in [0.4, 0.5) is 4.39 Å². The van der Waals surface area contributed by atoms with Gasteiger partial charge >= 0.3 is 0 Å². The van der Waals surface area contributed by atoms with E-state index in [0.717, 1.165) is 5.56 Å². The van der Waals surface area contributed by atoms with E-state index in [-0.39, 0.29) is 19.0 Å². The van der Waals surface area contributed by atoms with Crippen LogP contribution in [0.25, 0.3) is 0 Å². The lowest BCUT2D eigenvalue weighted by atomic mass is 9.95. The summed E-state index contributed by atoms with van der Waals surface area (Å²) in [5.74, 6) is -1.04. The predicted octanol–water partition coefficient (Wildman–Crippen LogP) is 1.80. The van der Waals surface area contributed by atoms with Gasteiger partial charge in [-0.3, -0.25) is 0 Å². The Morgan fingerprint density at radius 3 is 2.38 bits per heavy atom. The Hall–Kier alpha value is -0.970. The van der Waals surface area contributed by atoms with Crippen molar-refractivity contribution in [1.29, 1.82) is 0 Å². The molecule has 1 aliphatic rings. The average molecular weight is 226 g/mol. The molecule has 0 bridgehead atoms. The van der Waals surface area contributed by atoms with E-state index in [4.69, 9.17) is 9.47 Å². The Kier molecular flexibility index (Phi) is 2.74. The van der Waals surface area contributed by atoms with E-state index < -0.39 is 11.4 Å². The van der Waals surface area contributed by atoms with Crippen LogP contribution in [0.3, 0.4) is 0 Å². The van der Waals surface area contributed by atoms with E-state index in [1.807, 2.05) is 0 Å². The fraction of sp³-hybridized carbons (Fsp3) is 0.500. The van der Waals surface area contributed by atoms with Crippen molar-refractivity contribution in [3.05, 3.63) is 35.6 Å². The summed E-state index contributed by atoms with van der Waals surface area (Å²) in [5.41, 5.74) is -0.154. The lowest BCUT2D eigenvalue weighted by molar-refractivity contribution is -0.172. The molecule has 16 heavy (non-hydrogen) atoms. The zero-order valence-corrected chi connectivity index (χ0v) is 9.37. The van der Waals surface area contributed by atoms with Gasteiger partial charge in [0.1, 0.15) is 11.4 Å². The van der Waals surface area contributed by atoms with Crippen LogP contribution in [-0.4, -0.2) is 24.1 Å². The molecule has 2 rings (SSSR count). The van der Waals surface area contributed by atoms with Crippen LogP contribution in [0, 0.1) is 5.82 Å². The van der Waals surface area contributed by atoms with Crippen molar-refractivity contribution in [2.75, 3.05) is 13.2 Å². The topological polar surface area (TPSA) is 38.7 Å². The number of aliphatic hydroxyl groups excluding tert-OH is 1. The van der Waals surface area contributed by atoms with Gasteiger partial charge in [0.25, 0.3) is 0 Å². The molecule has 1 aromatic rings. The zero-order chi connectivity index (χ0) is 11.8. The highest BCUT2D eigenvalue weighted by Gasteiger charge is 2.46. The van der Waals surface area contributed by atoms with Gasteiger partial charge < -0.3 is 14.6 Å². The second-order valence-electron chi connectivity index (χ2n) is 4.45. The largest absolute Gasteiger partial charge is 0.393 e. The van der Waals surface area contributed by atoms with Crippen LogP contribution >= 0.6 is 0 Å². The first-order chi connectivity index (χ1) is 7.47. The molecule has 1 atom stereocenters. The Labute approximate surface area is 93.8 Å². The zero-order valence-electron chi connectivity index (χ0n) is 9.37. The molecule has 1 heterocycles. The van der Waals surface area contributed by atoms with Crippen molar-refractivity contribution in [2.45, 2.75) is 25.2 Å². The molecule has 0 amide bonds. The second kappa shape index (κ2) is 3.80. The van der Waals surface area contributed by atoms with Crippen molar-refractivity contribution in [3.63, 3.8) is 0 Å². The molecule has 1 N–H and O–H groups in total. The first-order valence-electron chi connectivity index (χ1n) is 5.18. The van der Waals surface area contributed by atoms with Crippen molar-refractivity contribution < 1.29 is 19.0 Å². The summed E-state index contributed by atoms with van der Waals surface area (Å²) in [7, 11) is 0. The van der Waals surface area contributed by atoms with Crippen LogP contribution in [0.2, 0.25) is 0 Å². The first kappa shape index (κ1) is 11.5. The molecule has 4 heteroatoms. The Bertz CT molecular complexity index is 374. The molecule has 0 aromatic heterocycles. The molecule has 1 saturated heterocycles. The van der Waals surface area contributed by atoms with Gasteiger partial charge in [0.15, 0.2) is 5.79 Å². The number of hydrogen-bond donors (Lipinski definition) is 1. The Morgan fingerprint density at radius 2 is 1.94 bits per heavy atom. The van der Waals surface area contributed by atoms with Gasteiger partial charge in [0, 0.05) is 0 Å². The SMILES string of the molecule is CC1(C)OC[C@@](CO)(c2ccc(F)cc2)O1. The van der Waals surface area contributed by atoms with Gasteiger partial charge in [-0.1, -0.05) is 12.1 Å². The van der Waals surface area contributed by atoms with Crippen LogP contribution in [0.5, 0.6) is 0 Å². The number of benzene rings is 1. The number of hydrogen-bond acceptors (Lipinski definition) is 3. The summed E-state index contributed by atoms with van der Waals surface area (Å²) in [6.07, 6.45) is 0. The minimum atomic E-state index is -0.878. The van der Waals surface area contributed by atoms with Gasteiger partial charge in [-0.05, 0) is 31.5 Å². The summed E-state index contributed by atoms with van der Waals surface area (Å²) in [4.78, 5) is 0. The maximum atomic E-state index is 12.8. The molecular weight excluding hydrogens is 211 g/mol. The van der Waals surface area contributed by atoms with Crippen LogP contribution in [-0.2, 0) is 15.1 Å². The monoisotopic (exact) mass is 226 g/mol. The molecule has 0 unspecified atom stereocenters. The van der Waals surface area contributed by atoms with Crippen molar-refractivity contribution >= 4 is 0 Å². The third-order valence-electron chi connectivity index (χ3n) is 2.72. The molecule has 0 spiro atoms. The summed E-state index contributed by atoms with van der Waals surface area (Å²) < 4.78 is 24.0. The van der Waals surface area contributed by atoms with E-state index in [0.29, 0.717) is 0 Å². The van der Waals surface area contributed by atoms with Crippen LogP contribution < -0.4 is 0 Å². The molecule has 3 nitrogen and oxygen atoms in total. The summed E-state index contributed by atoms with van der Waals surface area (Å²) in [6.45, 7) is 3.64. The summed E-state index contributed by atoms with van der Waals surface area (Å²) in [6, 6.07) is 5.91. The maximum Gasteiger partial charge on any atom is 0.164 e. The molecule has 1 fully saturated rings. The van der Waals surface area contributed by atoms with Crippen molar-refractivity contribution in [1.82, 2.24) is 0 Å². The average Bonchev–Trinajstić information content (AvgIpc) is 2.57. The number of aliphatic hydroxyl groups is 1. The molecule has 88 valence electrons. The minimum Gasteiger partial charge on any atom is -0.393 e. The van der Waals surface area contributed by atoms with Gasteiger partial charge in [0.05, 0.1) is 13.2 Å². The van der Waals surface area contributed by atoms with E-state index in [2.05, 4.69) is 0 Å². The molecular formula is C12H15FO3. The van der Waals surface area contributed by atoms with Crippen molar-refractivity contribution in [2.24, 2.45) is 0 Å². The highest BCUT2D eigenvalue weighted by molar-refractivity contribution is 5.24. The van der Waals surface area contributed by atoms with E-state index in [1.165, 1.54) is 12.1 Å². The summed E-state index contributed by atoms with van der Waals surface area (Å²) in [5, 5.41) is 9.47. The maximum absolute atomic E-state index is 12.8. The number of ether oxygens (including phenoxy) is 2. The quantitative estimate of drug-likeness (QED) is 0.835. The summed E-state index contributed by atoms with van der Waals surface area (Å²) >= 11 is 0. The van der Waals surface area contributed by atoms with Crippen LogP contribution in [0.15, 0.2) is 24.3 Å². The molecule has 0 saturated carbocycles. The standard InChI is InChI=1S/C12H15FO3/c1-11(2)15-8-12(7-14,16-11)9-3-5-10(13)6-4-9/h3-6,14H,7-8H2,1-2H3/t12-/m0/s1. The molecule has 1 aromatic carbocycles. The fourth-order valence-electron chi connectivity index (χ4n) is 1.88. The Morgan fingerprint density at radius 1 is 1.31 bits per heavy atom. The minimum absolute atomic E-state index is 0.192. The van der Waals surface area contributed by atoms with Gasteiger partial charge in [-0.2, -0.15) is 0 Å².